The van der Waals surface area contributed by atoms with Crippen LogP contribution in [-0.2, 0) is 10.0 Å². The van der Waals surface area contributed by atoms with Crippen LogP contribution >= 0.6 is 11.8 Å². The SMILES string of the molecule is CCN(CC)S(=O)(=O)c1ccc(C)c(NC(=O)c2cccnc2SC)c1. The van der Waals surface area contributed by atoms with Gasteiger partial charge in [-0.15, -0.1) is 11.8 Å². The molecule has 0 radical (unpaired) electrons. The Labute approximate surface area is 159 Å². The highest BCUT2D eigenvalue weighted by atomic mass is 32.2. The van der Waals surface area contributed by atoms with Crippen molar-refractivity contribution >= 4 is 33.4 Å². The summed E-state index contributed by atoms with van der Waals surface area (Å²) < 4.78 is 26.8. The summed E-state index contributed by atoms with van der Waals surface area (Å²) in [5, 5.41) is 3.43. The fourth-order valence-electron chi connectivity index (χ4n) is 2.52. The van der Waals surface area contributed by atoms with Gasteiger partial charge in [0.25, 0.3) is 5.91 Å². The summed E-state index contributed by atoms with van der Waals surface area (Å²) in [5.41, 5.74) is 1.71. The molecule has 1 amide bonds. The minimum Gasteiger partial charge on any atom is -0.322 e. The Morgan fingerprint density at radius 2 is 1.92 bits per heavy atom. The molecule has 1 heterocycles. The maximum atomic E-state index is 12.7. The molecule has 1 N–H and O–H groups in total. The van der Waals surface area contributed by atoms with Crippen molar-refractivity contribution in [1.82, 2.24) is 9.29 Å². The van der Waals surface area contributed by atoms with Crippen molar-refractivity contribution < 1.29 is 13.2 Å². The molecule has 0 aliphatic rings. The molecule has 0 aliphatic heterocycles. The van der Waals surface area contributed by atoms with Crippen LogP contribution in [0, 0.1) is 6.92 Å². The maximum Gasteiger partial charge on any atom is 0.258 e. The standard InChI is InChI=1S/C18H23N3O3S2/c1-5-21(6-2)26(23,24)14-10-9-13(3)16(12-14)20-17(22)15-8-7-11-19-18(15)25-4/h7-12H,5-6H2,1-4H3,(H,20,22). The summed E-state index contributed by atoms with van der Waals surface area (Å²) in [5.74, 6) is -0.317. The lowest BCUT2D eigenvalue weighted by molar-refractivity contribution is 0.102. The Bertz CT molecular complexity index is 894. The highest BCUT2D eigenvalue weighted by molar-refractivity contribution is 7.98. The summed E-state index contributed by atoms with van der Waals surface area (Å²) in [7, 11) is -3.59. The molecule has 2 aromatic rings. The predicted octanol–water partition coefficient (Wildman–Crippen LogP) is 3.39. The Kier molecular flexibility index (Phi) is 6.80. The highest BCUT2D eigenvalue weighted by Gasteiger charge is 2.23. The third kappa shape index (κ3) is 4.25. The molecule has 0 spiro atoms. The van der Waals surface area contributed by atoms with Crippen LogP contribution in [0.1, 0.15) is 29.8 Å². The molecule has 0 atom stereocenters. The van der Waals surface area contributed by atoms with Crippen molar-refractivity contribution in [3.8, 4) is 0 Å². The van der Waals surface area contributed by atoms with Gasteiger partial charge in [0.15, 0.2) is 0 Å². The number of aryl methyl sites for hydroxylation is 1. The van der Waals surface area contributed by atoms with Gasteiger partial charge in [0.2, 0.25) is 10.0 Å². The molecule has 0 saturated heterocycles. The number of aromatic nitrogens is 1. The van der Waals surface area contributed by atoms with Crippen LogP contribution in [0.25, 0.3) is 0 Å². The fourth-order valence-corrected chi connectivity index (χ4v) is 4.56. The van der Waals surface area contributed by atoms with Gasteiger partial charge in [-0.25, -0.2) is 13.4 Å². The molecule has 0 fully saturated rings. The Morgan fingerprint density at radius 3 is 2.54 bits per heavy atom. The minimum absolute atomic E-state index is 0.165. The van der Waals surface area contributed by atoms with Gasteiger partial charge in [-0.3, -0.25) is 4.79 Å². The lowest BCUT2D eigenvalue weighted by Crippen LogP contribution is -2.30. The van der Waals surface area contributed by atoms with Gasteiger partial charge in [0.05, 0.1) is 10.5 Å². The average molecular weight is 394 g/mol. The van der Waals surface area contributed by atoms with Crippen molar-refractivity contribution in [3.05, 3.63) is 47.7 Å². The van der Waals surface area contributed by atoms with Crippen LogP contribution in [0.3, 0.4) is 0 Å². The average Bonchev–Trinajstić information content (AvgIpc) is 2.64. The number of pyridine rings is 1. The first-order valence-electron chi connectivity index (χ1n) is 8.26. The van der Waals surface area contributed by atoms with Gasteiger partial charge >= 0.3 is 0 Å². The molecule has 6 nitrogen and oxygen atoms in total. The second-order valence-electron chi connectivity index (χ2n) is 5.58. The van der Waals surface area contributed by atoms with E-state index in [2.05, 4.69) is 10.3 Å². The summed E-state index contributed by atoms with van der Waals surface area (Å²) in [4.78, 5) is 17.0. The van der Waals surface area contributed by atoms with Crippen LogP contribution in [0.15, 0.2) is 46.5 Å². The maximum absolute atomic E-state index is 12.7. The fraction of sp³-hybridized carbons (Fsp3) is 0.333. The minimum atomic E-state index is -3.59. The van der Waals surface area contributed by atoms with Crippen molar-refractivity contribution in [3.63, 3.8) is 0 Å². The van der Waals surface area contributed by atoms with E-state index < -0.39 is 10.0 Å². The van der Waals surface area contributed by atoms with Gasteiger partial charge < -0.3 is 5.32 Å². The number of sulfonamides is 1. The van der Waals surface area contributed by atoms with E-state index in [-0.39, 0.29) is 10.8 Å². The predicted molar refractivity (Wildman–Crippen MR) is 105 cm³/mol. The number of anilines is 1. The van der Waals surface area contributed by atoms with E-state index in [4.69, 9.17) is 0 Å². The Hall–Kier alpha value is -1.90. The van der Waals surface area contributed by atoms with Gasteiger partial charge in [-0.2, -0.15) is 4.31 Å². The van der Waals surface area contributed by atoms with Crippen molar-refractivity contribution in [2.45, 2.75) is 30.7 Å². The molecule has 26 heavy (non-hydrogen) atoms. The molecule has 2 rings (SSSR count). The monoisotopic (exact) mass is 393 g/mol. The first-order valence-corrected chi connectivity index (χ1v) is 10.9. The number of benzene rings is 1. The number of thioether (sulfide) groups is 1. The molecule has 0 unspecified atom stereocenters. The van der Waals surface area contributed by atoms with E-state index in [1.165, 1.54) is 22.1 Å². The Morgan fingerprint density at radius 1 is 1.23 bits per heavy atom. The van der Waals surface area contributed by atoms with E-state index in [1.54, 1.807) is 44.3 Å². The van der Waals surface area contributed by atoms with Crippen molar-refractivity contribution in [2.75, 3.05) is 24.7 Å². The van der Waals surface area contributed by atoms with Crippen LogP contribution in [-0.4, -0.2) is 43.0 Å². The van der Waals surface area contributed by atoms with E-state index in [0.717, 1.165) is 5.56 Å². The second-order valence-corrected chi connectivity index (χ2v) is 8.31. The number of carbonyl (C=O) groups excluding carboxylic acids is 1. The number of rotatable bonds is 7. The second kappa shape index (κ2) is 8.66. The molecule has 1 aromatic carbocycles. The smallest absolute Gasteiger partial charge is 0.258 e. The molecular formula is C18H23N3O3S2. The summed E-state index contributed by atoms with van der Waals surface area (Å²) in [6.07, 6.45) is 3.48. The zero-order valence-corrected chi connectivity index (χ0v) is 16.9. The molecule has 1 aromatic heterocycles. The molecule has 0 bridgehead atoms. The number of amides is 1. The molecule has 8 heteroatoms. The van der Waals surface area contributed by atoms with Crippen LogP contribution in [0.5, 0.6) is 0 Å². The number of carbonyl (C=O) groups is 1. The summed E-state index contributed by atoms with van der Waals surface area (Å²) in [6.45, 7) is 6.19. The summed E-state index contributed by atoms with van der Waals surface area (Å²) in [6, 6.07) is 8.17. The van der Waals surface area contributed by atoms with E-state index in [0.29, 0.717) is 29.4 Å². The van der Waals surface area contributed by atoms with Gasteiger partial charge in [0.1, 0.15) is 5.03 Å². The molecule has 140 valence electrons. The van der Waals surface area contributed by atoms with E-state index >= 15 is 0 Å². The molecule has 0 saturated carbocycles. The molecular weight excluding hydrogens is 370 g/mol. The number of hydrogen-bond donors (Lipinski definition) is 1. The summed E-state index contributed by atoms with van der Waals surface area (Å²) >= 11 is 1.38. The van der Waals surface area contributed by atoms with Gasteiger partial charge in [-0.1, -0.05) is 19.9 Å². The lowest BCUT2D eigenvalue weighted by Gasteiger charge is -2.19. The lowest BCUT2D eigenvalue weighted by atomic mass is 10.2. The normalized spacial score (nSPS) is 11.6. The highest BCUT2D eigenvalue weighted by Crippen LogP contribution is 2.24. The zero-order chi connectivity index (χ0) is 19.3. The van der Waals surface area contributed by atoms with Crippen LogP contribution in [0.2, 0.25) is 0 Å². The third-order valence-electron chi connectivity index (χ3n) is 4.01. The topological polar surface area (TPSA) is 79.4 Å². The first kappa shape index (κ1) is 20.4. The number of hydrogen-bond acceptors (Lipinski definition) is 5. The van der Waals surface area contributed by atoms with Crippen LogP contribution in [0.4, 0.5) is 5.69 Å². The number of nitrogens with one attached hydrogen (secondary N) is 1. The van der Waals surface area contributed by atoms with Crippen molar-refractivity contribution in [1.29, 1.82) is 0 Å². The largest absolute Gasteiger partial charge is 0.322 e. The van der Waals surface area contributed by atoms with Crippen molar-refractivity contribution in [2.24, 2.45) is 0 Å². The quantitative estimate of drug-likeness (QED) is 0.730. The zero-order valence-electron chi connectivity index (χ0n) is 15.3. The Balaban J connectivity index is 2.38. The van der Waals surface area contributed by atoms with E-state index in [9.17, 15) is 13.2 Å². The van der Waals surface area contributed by atoms with Crippen LogP contribution < -0.4 is 5.32 Å². The third-order valence-corrected chi connectivity index (χ3v) is 6.77. The van der Waals surface area contributed by atoms with E-state index in [1.807, 2.05) is 13.2 Å². The van der Waals surface area contributed by atoms with Gasteiger partial charge in [0, 0.05) is 25.0 Å². The first-order chi connectivity index (χ1) is 12.3. The van der Waals surface area contributed by atoms with Gasteiger partial charge in [-0.05, 0) is 43.0 Å². The molecule has 0 aliphatic carbocycles. The number of nitrogens with zero attached hydrogens (tertiary/aromatic N) is 2.